The molecule has 0 atom stereocenters. The standard InChI is InChI=1S/C47H34N2O10/c1-27(50)57-35-19-11-32(12-20-35)48-42(51)38-23-5-28(25-40(38)44(48)53)29-6-24-39-41(26-29)45(54)49(43(39)52)33-13-21-37(22-14-33)59-46(55)58-36-17-9-31(10-18-36)47(2,3)30-7-15-34(56-4)16-8-30/h5-26H,1-4H3. The van der Waals surface area contributed by atoms with Gasteiger partial charge in [-0.25, -0.2) is 14.6 Å². The summed E-state index contributed by atoms with van der Waals surface area (Å²) in [6.45, 7) is 5.46. The van der Waals surface area contributed by atoms with Crippen molar-refractivity contribution in [3.63, 3.8) is 0 Å². The largest absolute Gasteiger partial charge is 0.519 e. The van der Waals surface area contributed by atoms with Crippen LogP contribution in [0.15, 0.2) is 133 Å². The molecule has 0 saturated carbocycles. The maximum absolute atomic E-state index is 13.7. The number of benzene rings is 6. The van der Waals surface area contributed by atoms with Crippen molar-refractivity contribution in [2.75, 3.05) is 16.9 Å². The van der Waals surface area contributed by atoms with Gasteiger partial charge in [-0.3, -0.25) is 24.0 Å². The van der Waals surface area contributed by atoms with Gasteiger partial charge in [0, 0.05) is 12.3 Å². The summed E-state index contributed by atoms with van der Waals surface area (Å²) in [5, 5.41) is 0. The SMILES string of the molecule is COc1ccc(C(C)(C)c2ccc(OC(=O)Oc3ccc(N4C(=O)c5ccc(-c6ccc7c(c6)C(=O)N(c6ccc(OC(C)=O)cc6)C7=O)cc5C4=O)cc3)cc2)cc1. The number of amides is 4. The zero-order valence-corrected chi connectivity index (χ0v) is 32.2. The number of imide groups is 2. The second-order valence-electron chi connectivity index (χ2n) is 14.3. The van der Waals surface area contributed by atoms with Crippen molar-refractivity contribution in [1.82, 2.24) is 0 Å². The normalized spacial score (nSPS) is 13.3. The van der Waals surface area contributed by atoms with E-state index in [2.05, 4.69) is 13.8 Å². The number of rotatable bonds is 9. The predicted molar refractivity (Wildman–Crippen MR) is 217 cm³/mol. The molecule has 4 amide bonds. The average Bonchev–Trinajstić information content (AvgIpc) is 3.64. The van der Waals surface area contributed by atoms with Gasteiger partial charge in [0.15, 0.2) is 0 Å². The Hall–Kier alpha value is -7.86. The Labute approximate surface area is 338 Å². The first kappa shape index (κ1) is 38.0. The molecule has 2 aliphatic rings. The van der Waals surface area contributed by atoms with E-state index in [9.17, 15) is 28.8 Å². The third kappa shape index (κ3) is 7.08. The molecule has 292 valence electrons. The molecule has 59 heavy (non-hydrogen) atoms. The summed E-state index contributed by atoms with van der Waals surface area (Å²) in [7, 11) is 1.62. The fourth-order valence-corrected chi connectivity index (χ4v) is 7.13. The van der Waals surface area contributed by atoms with E-state index in [0.717, 1.165) is 26.7 Å². The Balaban J connectivity index is 0.922. The highest BCUT2D eigenvalue weighted by Crippen LogP contribution is 2.37. The summed E-state index contributed by atoms with van der Waals surface area (Å²) in [6, 6.07) is 36.4. The number of hydrogen-bond acceptors (Lipinski definition) is 10. The van der Waals surface area contributed by atoms with Gasteiger partial charge in [-0.2, -0.15) is 0 Å². The molecule has 0 fully saturated rings. The molecule has 0 spiro atoms. The van der Waals surface area contributed by atoms with Crippen LogP contribution in [0.2, 0.25) is 0 Å². The van der Waals surface area contributed by atoms with Crippen molar-refractivity contribution >= 4 is 47.1 Å². The first-order valence-electron chi connectivity index (χ1n) is 18.4. The summed E-state index contributed by atoms with van der Waals surface area (Å²) >= 11 is 0. The minimum absolute atomic E-state index is 0.136. The minimum Gasteiger partial charge on any atom is -0.497 e. The zero-order chi connectivity index (χ0) is 41.6. The van der Waals surface area contributed by atoms with E-state index in [1.165, 1.54) is 55.5 Å². The molecule has 12 nitrogen and oxygen atoms in total. The van der Waals surface area contributed by atoms with Crippen LogP contribution in [0, 0.1) is 0 Å². The van der Waals surface area contributed by atoms with E-state index < -0.39 is 35.8 Å². The fraction of sp³-hybridized carbons (Fsp3) is 0.106. The van der Waals surface area contributed by atoms with Gasteiger partial charge in [-0.1, -0.05) is 50.2 Å². The fourth-order valence-electron chi connectivity index (χ4n) is 7.13. The van der Waals surface area contributed by atoms with Gasteiger partial charge in [0.05, 0.1) is 40.7 Å². The number of hydrogen-bond donors (Lipinski definition) is 0. The van der Waals surface area contributed by atoms with E-state index in [0.29, 0.717) is 16.8 Å². The van der Waals surface area contributed by atoms with E-state index in [1.54, 1.807) is 55.6 Å². The van der Waals surface area contributed by atoms with Crippen molar-refractivity contribution in [3.8, 4) is 34.1 Å². The van der Waals surface area contributed by atoms with Gasteiger partial charge < -0.3 is 18.9 Å². The third-order valence-electron chi connectivity index (χ3n) is 10.3. The van der Waals surface area contributed by atoms with Gasteiger partial charge in [0.25, 0.3) is 23.6 Å². The molecule has 2 heterocycles. The molecular weight excluding hydrogens is 753 g/mol. The second kappa shape index (κ2) is 14.9. The lowest BCUT2D eigenvalue weighted by Crippen LogP contribution is -2.29. The number of anilines is 2. The number of nitrogens with zero attached hydrogens (tertiary/aromatic N) is 2. The highest BCUT2D eigenvalue weighted by Gasteiger charge is 2.39. The molecule has 0 N–H and O–H groups in total. The van der Waals surface area contributed by atoms with Crippen molar-refractivity contribution in [2.24, 2.45) is 0 Å². The Morgan fingerprint density at radius 3 is 1.20 bits per heavy atom. The highest BCUT2D eigenvalue weighted by molar-refractivity contribution is 6.35. The average molecular weight is 787 g/mol. The first-order valence-corrected chi connectivity index (χ1v) is 18.4. The Morgan fingerprint density at radius 1 is 0.458 bits per heavy atom. The molecule has 0 aromatic heterocycles. The number of esters is 1. The third-order valence-corrected chi connectivity index (χ3v) is 10.3. The van der Waals surface area contributed by atoms with Gasteiger partial charge in [-0.15, -0.1) is 0 Å². The maximum atomic E-state index is 13.7. The Morgan fingerprint density at radius 2 is 0.814 bits per heavy atom. The summed E-state index contributed by atoms with van der Waals surface area (Å²) in [6.07, 6.45) is -0.964. The second-order valence-corrected chi connectivity index (χ2v) is 14.3. The van der Waals surface area contributed by atoms with Crippen molar-refractivity contribution < 1.29 is 47.7 Å². The van der Waals surface area contributed by atoms with Crippen LogP contribution in [0.3, 0.4) is 0 Å². The Bertz CT molecular complexity index is 2700. The van der Waals surface area contributed by atoms with Crippen LogP contribution in [0.5, 0.6) is 23.0 Å². The Kier molecular flexibility index (Phi) is 9.61. The smallest absolute Gasteiger partial charge is 0.497 e. The van der Waals surface area contributed by atoms with Crippen LogP contribution >= 0.6 is 0 Å². The minimum atomic E-state index is -0.964. The van der Waals surface area contributed by atoms with E-state index in [1.807, 2.05) is 36.4 Å². The van der Waals surface area contributed by atoms with Gasteiger partial charge >= 0.3 is 12.1 Å². The van der Waals surface area contributed by atoms with Gasteiger partial charge in [0.2, 0.25) is 0 Å². The highest BCUT2D eigenvalue weighted by atomic mass is 16.7. The molecule has 0 aliphatic carbocycles. The first-order chi connectivity index (χ1) is 28.3. The number of carbonyl (C=O) groups excluding carboxylic acids is 6. The van der Waals surface area contributed by atoms with E-state index >= 15 is 0 Å². The molecular formula is C47H34N2O10. The molecule has 0 saturated heterocycles. The van der Waals surface area contributed by atoms with Crippen LogP contribution in [0.1, 0.15) is 73.3 Å². The van der Waals surface area contributed by atoms with Gasteiger partial charge in [-0.05, 0) is 119 Å². The van der Waals surface area contributed by atoms with E-state index in [4.69, 9.17) is 18.9 Å². The van der Waals surface area contributed by atoms with Crippen LogP contribution in [0.4, 0.5) is 16.2 Å². The van der Waals surface area contributed by atoms with Gasteiger partial charge in [0.1, 0.15) is 23.0 Å². The lowest BCUT2D eigenvalue weighted by molar-refractivity contribution is -0.131. The van der Waals surface area contributed by atoms with E-state index in [-0.39, 0.29) is 50.6 Å². The number of methoxy groups -OCH3 is 1. The summed E-state index contributed by atoms with van der Waals surface area (Å²) in [4.78, 5) is 79.9. The summed E-state index contributed by atoms with van der Waals surface area (Å²) < 4.78 is 21.1. The predicted octanol–water partition coefficient (Wildman–Crippen LogP) is 8.79. The lowest BCUT2D eigenvalue weighted by Gasteiger charge is -2.26. The number of carbonyl (C=O) groups is 6. The summed E-state index contributed by atoms with van der Waals surface area (Å²) in [5.41, 5.74) is 4.19. The van der Waals surface area contributed by atoms with Crippen LogP contribution in [-0.2, 0) is 10.2 Å². The molecule has 0 radical (unpaired) electrons. The summed E-state index contributed by atoms with van der Waals surface area (Å²) in [5.74, 6) is -1.17. The van der Waals surface area contributed by atoms with Crippen molar-refractivity contribution in [1.29, 1.82) is 0 Å². The van der Waals surface area contributed by atoms with Crippen LogP contribution < -0.4 is 28.7 Å². The zero-order valence-electron chi connectivity index (χ0n) is 32.2. The molecule has 6 aromatic carbocycles. The quantitative estimate of drug-likeness (QED) is 0.0603. The molecule has 0 bridgehead atoms. The number of fused-ring (bicyclic) bond motifs is 2. The van der Waals surface area contributed by atoms with Crippen LogP contribution in [0.25, 0.3) is 11.1 Å². The number of ether oxygens (including phenoxy) is 4. The molecule has 12 heteroatoms. The van der Waals surface area contributed by atoms with Crippen molar-refractivity contribution in [2.45, 2.75) is 26.2 Å². The topological polar surface area (TPSA) is 146 Å². The van der Waals surface area contributed by atoms with Crippen LogP contribution in [-0.4, -0.2) is 42.9 Å². The maximum Gasteiger partial charge on any atom is 0.519 e. The molecule has 2 aliphatic heterocycles. The lowest BCUT2D eigenvalue weighted by atomic mass is 9.78. The molecule has 8 rings (SSSR count). The molecule has 0 unspecified atom stereocenters. The molecule has 6 aromatic rings. The monoisotopic (exact) mass is 786 g/mol. The van der Waals surface area contributed by atoms with Crippen molar-refractivity contribution in [3.05, 3.63) is 167 Å².